The maximum atomic E-state index is 12.3. The Balaban J connectivity index is 1.62. The standard InChI is InChI=1S/C20H24N2O/c1-3-15-7-6-9-17(13-15)21-20(23)14-22(2)19-12-11-16-8-4-5-10-18(16)19/h4-10,13,19H,3,11-12,14H2,1-2H3,(H,21,23). The largest absolute Gasteiger partial charge is 0.325 e. The van der Waals surface area contributed by atoms with Crippen LogP contribution in [0.4, 0.5) is 5.69 Å². The molecule has 0 radical (unpaired) electrons. The number of nitrogens with zero attached hydrogens (tertiary/aromatic N) is 1. The Bertz CT molecular complexity index is 696. The summed E-state index contributed by atoms with van der Waals surface area (Å²) < 4.78 is 0. The molecule has 2 aromatic carbocycles. The Morgan fingerprint density at radius 1 is 1.22 bits per heavy atom. The van der Waals surface area contributed by atoms with Crippen molar-refractivity contribution in [2.24, 2.45) is 0 Å². The Hall–Kier alpha value is -2.13. The van der Waals surface area contributed by atoms with Gasteiger partial charge in [-0.25, -0.2) is 0 Å². The molecule has 0 spiro atoms. The van der Waals surface area contributed by atoms with Crippen molar-refractivity contribution in [3.05, 3.63) is 65.2 Å². The number of carbonyl (C=O) groups is 1. The summed E-state index contributed by atoms with van der Waals surface area (Å²) in [6, 6.07) is 17.0. The molecule has 1 N–H and O–H groups in total. The van der Waals surface area contributed by atoms with E-state index in [2.05, 4.69) is 47.5 Å². The van der Waals surface area contributed by atoms with Gasteiger partial charge in [0.15, 0.2) is 0 Å². The molecule has 1 aliphatic rings. The van der Waals surface area contributed by atoms with Crippen LogP contribution in [0, 0.1) is 0 Å². The van der Waals surface area contributed by atoms with Gasteiger partial charge in [0.1, 0.15) is 0 Å². The molecule has 0 fully saturated rings. The normalized spacial score (nSPS) is 16.4. The number of nitrogens with one attached hydrogen (secondary N) is 1. The van der Waals surface area contributed by atoms with Crippen molar-refractivity contribution in [3.8, 4) is 0 Å². The third-order valence-electron chi connectivity index (χ3n) is 4.65. The molecule has 0 saturated heterocycles. The smallest absolute Gasteiger partial charge is 0.238 e. The fourth-order valence-electron chi connectivity index (χ4n) is 3.40. The number of fused-ring (bicyclic) bond motifs is 1. The molecule has 1 unspecified atom stereocenters. The molecule has 1 amide bonds. The zero-order chi connectivity index (χ0) is 16.2. The van der Waals surface area contributed by atoms with Gasteiger partial charge in [0.05, 0.1) is 6.54 Å². The third kappa shape index (κ3) is 3.62. The van der Waals surface area contributed by atoms with Crippen LogP contribution in [0.1, 0.15) is 36.1 Å². The van der Waals surface area contributed by atoms with E-state index in [0.717, 1.165) is 24.9 Å². The first-order chi connectivity index (χ1) is 11.2. The summed E-state index contributed by atoms with van der Waals surface area (Å²) in [6.45, 7) is 2.53. The SMILES string of the molecule is CCc1cccc(NC(=O)CN(C)C2CCc3ccccc32)c1. The predicted molar refractivity (Wildman–Crippen MR) is 94.6 cm³/mol. The molecule has 0 saturated carbocycles. The summed E-state index contributed by atoms with van der Waals surface area (Å²) >= 11 is 0. The average molecular weight is 308 g/mol. The quantitative estimate of drug-likeness (QED) is 0.911. The van der Waals surface area contributed by atoms with Crippen molar-refractivity contribution >= 4 is 11.6 Å². The number of amides is 1. The van der Waals surface area contributed by atoms with Gasteiger partial charge in [0.25, 0.3) is 0 Å². The van der Waals surface area contributed by atoms with E-state index in [4.69, 9.17) is 0 Å². The van der Waals surface area contributed by atoms with Gasteiger partial charge in [-0.2, -0.15) is 0 Å². The molecule has 23 heavy (non-hydrogen) atoms. The minimum Gasteiger partial charge on any atom is -0.325 e. The highest BCUT2D eigenvalue weighted by molar-refractivity contribution is 5.92. The first kappa shape index (κ1) is 15.8. The van der Waals surface area contributed by atoms with E-state index in [-0.39, 0.29) is 5.91 Å². The average Bonchev–Trinajstić information content (AvgIpc) is 2.99. The Morgan fingerprint density at radius 3 is 2.87 bits per heavy atom. The molecule has 2 aromatic rings. The highest BCUT2D eigenvalue weighted by atomic mass is 16.2. The second kappa shape index (κ2) is 6.97. The molecule has 0 aromatic heterocycles. The molecular weight excluding hydrogens is 284 g/mol. The van der Waals surface area contributed by atoms with E-state index < -0.39 is 0 Å². The lowest BCUT2D eigenvalue weighted by Crippen LogP contribution is -2.32. The number of rotatable bonds is 5. The monoisotopic (exact) mass is 308 g/mol. The fraction of sp³-hybridized carbons (Fsp3) is 0.350. The zero-order valence-electron chi connectivity index (χ0n) is 13.9. The lowest BCUT2D eigenvalue weighted by molar-refractivity contribution is -0.117. The maximum Gasteiger partial charge on any atom is 0.238 e. The van der Waals surface area contributed by atoms with Crippen molar-refractivity contribution in [1.82, 2.24) is 4.90 Å². The first-order valence-electron chi connectivity index (χ1n) is 8.34. The molecule has 1 aliphatic carbocycles. The maximum absolute atomic E-state index is 12.3. The van der Waals surface area contributed by atoms with Crippen LogP contribution >= 0.6 is 0 Å². The summed E-state index contributed by atoms with van der Waals surface area (Å²) in [6.07, 6.45) is 3.17. The fourth-order valence-corrected chi connectivity index (χ4v) is 3.40. The lowest BCUT2D eigenvalue weighted by atomic mass is 10.1. The van der Waals surface area contributed by atoms with Crippen LogP contribution in [-0.2, 0) is 17.6 Å². The van der Waals surface area contributed by atoms with Crippen LogP contribution < -0.4 is 5.32 Å². The summed E-state index contributed by atoms with van der Waals surface area (Å²) in [5.74, 6) is 0.0464. The van der Waals surface area contributed by atoms with Crippen LogP contribution in [0.2, 0.25) is 0 Å². The second-order valence-electron chi connectivity index (χ2n) is 6.27. The van der Waals surface area contributed by atoms with Crippen molar-refractivity contribution in [2.75, 3.05) is 18.9 Å². The summed E-state index contributed by atoms with van der Waals surface area (Å²) in [5.41, 5.74) is 4.91. The molecule has 1 atom stereocenters. The molecule has 0 aliphatic heterocycles. The zero-order valence-corrected chi connectivity index (χ0v) is 13.9. The molecule has 3 nitrogen and oxygen atoms in total. The number of anilines is 1. The molecule has 0 heterocycles. The number of benzene rings is 2. The molecular formula is C20H24N2O. The molecule has 120 valence electrons. The summed E-state index contributed by atoms with van der Waals surface area (Å²) in [5, 5.41) is 3.01. The van der Waals surface area contributed by atoms with Gasteiger partial charge >= 0.3 is 0 Å². The van der Waals surface area contributed by atoms with Crippen LogP contribution in [0.5, 0.6) is 0 Å². The van der Waals surface area contributed by atoms with Gasteiger partial charge in [-0.1, -0.05) is 43.3 Å². The number of likely N-dealkylation sites (N-methyl/N-ethyl adjacent to an activating group) is 1. The summed E-state index contributed by atoms with van der Waals surface area (Å²) in [4.78, 5) is 14.5. The van der Waals surface area contributed by atoms with Gasteiger partial charge in [-0.05, 0) is 55.1 Å². The Labute approximate surface area is 138 Å². The van der Waals surface area contributed by atoms with E-state index in [1.54, 1.807) is 0 Å². The number of hydrogen-bond donors (Lipinski definition) is 1. The van der Waals surface area contributed by atoms with Crippen molar-refractivity contribution < 1.29 is 4.79 Å². The van der Waals surface area contributed by atoms with E-state index in [0.29, 0.717) is 12.6 Å². The van der Waals surface area contributed by atoms with Gasteiger partial charge in [-0.3, -0.25) is 9.69 Å². The minimum atomic E-state index is 0.0464. The predicted octanol–water partition coefficient (Wildman–Crippen LogP) is 3.81. The number of carbonyl (C=O) groups excluding carboxylic acids is 1. The van der Waals surface area contributed by atoms with Gasteiger partial charge in [-0.15, -0.1) is 0 Å². The van der Waals surface area contributed by atoms with E-state index in [1.807, 2.05) is 25.2 Å². The minimum absolute atomic E-state index is 0.0464. The lowest BCUT2D eigenvalue weighted by Gasteiger charge is -2.24. The molecule has 3 rings (SSSR count). The van der Waals surface area contributed by atoms with Gasteiger partial charge < -0.3 is 5.32 Å². The van der Waals surface area contributed by atoms with Crippen molar-refractivity contribution in [2.45, 2.75) is 32.2 Å². The van der Waals surface area contributed by atoms with Crippen LogP contribution in [0.3, 0.4) is 0 Å². The van der Waals surface area contributed by atoms with Crippen LogP contribution in [0.15, 0.2) is 48.5 Å². The summed E-state index contributed by atoms with van der Waals surface area (Å²) in [7, 11) is 2.04. The topological polar surface area (TPSA) is 32.3 Å². The molecule has 3 heteroatoms. The highest BCUT2D eigenvalue weighted by Crippen LogP contribution is 2.34. The van der Waals surface area contributed by atoms with E-state index >= 15 is 0 Å². The second-order valence-corrected chi connectivity index (χ2v) is 6.27. The molecule has 0 bridgehead atoms. The highest BCUT2D eigenvalue weighted by Gasteiger charge is 2.26. The van der Waals surface area contributed by atoms with E-state index in [9.17, 15) is 4.79 Å². The van der Waals surface area contributed by atoms with Crippen LogP contribution in [0.25, 0.3) is 0 Å². The Kier molecular flexibility index (Phi) is 4.77. The number of hydrogen-bond acceptors (Lipinski definition) is 2. The Morgan fingerprint density at radius 2 is 2.04 bits per heavy atom. The van der Waals surface area contributed by atoms with Crippen LogP contribution in [-0.4, -0.2) is 24.4 Å². The van der Waals surface area contributed by atoms with Gasteiger partial charge in [0, 0.05) is 11.7 Å². The van der Waals surface area contributed by atoms with Gasteiger partial charge in [0.2, 0.25) is 5.91 Å². The number of aryl methyl sites for hydroxylation is 2. The first-order valence-corrected chi connectivity index (χ1v) is 8.34. The van der Waals surface area contributed by atoms with Crippen molar-refractivity contribution in [1.29, 1.82) is 0 Å². The van der Waals surface area contributed by atoms with E-state index in [1.165, 1.54) is 16.7 Å². The van der Waals surface area contributed by atoms with Crippen molar-refractivity contribution in [3.63, 3.8) is 0 Å². The third-order valence-corrected chi connectivity index (χ3v) is 4.65.